The van der Waals surface area contributed by atoms with E-state index in [1.807, 2.05) is 5.38 Å². The van der Waals surface area contributed by atoms with Crippen LogP contribution in [0, 0.1) is 0 Å². The number of sulfone groups is 1. The van der Waals surface area contributed by atoms with Crippen LogP contribution in [0.2, 0.25) is 0 Å². The van der Waals surface area contributed by atoms with Crippen molar-refractivity contribution in [3.05, 3.63) is 23.7 Å². The molecule has 10 heteroatoms. The summed E-state index contributed by atoms with van der Waals surface area (Å²) in [4.78, 5) is 11.2. The summed E-state index contributed by atoms with van der Waals surface area (Å²) in [7, 11) is -3.41. The fourth-order valence-electron chi connectivity index (χ4n) is 3.54. The minimum atomic E-state index is -3.41. The zero-order valence-corrected chi connectivity index (χ0v) is 15.1. The summed E-state index contributed by atoms with van der Waals surface area (Å²) in [6, 6.07) is 4.28. The number of hydrogen-bond donors (Lipinski definition) is 1. The van der Waals surface area contributed by atoms with Gasteiger partial charge in [0.1, 0.15) is 15.6 Å². The van der Waals surface area contributed by atoms with Crippen LogP contribution in [0.1, 0.15) is 6.42 Å². The Morgan fingerprint density at radius 3 is 2.68 bits per heavy atom. The van der Waals surface area contributed by atoms with Gasteiger partial charge < -0.3 is 10.2 Å². The highest BCUT2D eigenvalue weighted by molar-refractivity contribution is 7.91. The van der Waals surface area contributed by atoms with Gasteiger partial charge in [0.05, 0.1) is 0 Å². The Balaban J connectivity index is 1.70. The summed E-state index contributed by atoms with van der Waals surface area (Å²) in [5.41, 5.74) is 1.11. The molecule has 3 fully saturated rings. The molecular formula is C15H16N6O2S2. The zero-order valence-electron chi connectivity index (χ0n) is 13.5. The van der Waals surface area contributed by atoms with Gasteiger partial charge in [-0.3, -0.25) is 0 Å². The predicted octanol–water partition coefficient (Wildman–Crippen LogP) is 0.807. The molecule has 6 rings (SSSR count). The van der Waals surface area contributed by atoms with Gasteiger partial charge in [0.15, 0.2) is 15.5 Å². The van der Waals surface area contributed by atoms with Crippen LogP contribution >= 0.6 is 11.3 Å². The summed E-state index contributed by atoms with van der Waals surface area (Å²) in [6.45, 7) is 1.68. The molecule has 130 valence electrons. The number of aromatic nitrogens is 4. The number of piperazine rings is 1. The SMILES string of the molecule is CS(=O)(=O)c1ccc(-c2nccs2)n2nc(N3CC4CC(C3)N4)nc12. The average Bonchev–Trinajstić information content (AvgIpc) is 3.22. The molecule has 25 heavy (non-hydrogen) atoms. The van der Waals surface area contributed by atoms with Gasteiger partial charge in [-0.2, -0.15) is 4.98 Å². The number of thiazole rings is 1. The minimum Gasteiger partial charge on any atom is -0.336 e. The Morgan fingerprint density at radius 2 is 2.04 bits per heavy atom. The van der Waals surface area contributed by atoms with Crippen molar-refractivity contribution in [2.75, 3.05) is 24.2 Å². The van der Waals surface area contributed by atoms with Crippen LogP contribution in [0.4, 0.5) is 5.95 Å². The molecule has 0 saturated carbocycles. The Hall–Kier alpha value is -2.04. The van der Waals surface area contributed by atoms with Crippen LogP contribution in [0.25, 0.3) is 16.3 Å². The lowest BCUT2D eigenvalue weighted by atomic mass is 9.92. The smallest absolute Gasteiger partial charge is 0.245 e. The van der Waals surface area contributed by atoms with Crippen molar-refractivity contribution >= 4 is 32.8 Å². The van der Waals surface area contributed by atoms with E-state index in [2.05, 4.69) is 25.3 Å². The number of hydrogen-bond acceptors (Lipinski definition) is 8. The van der Waals surface area contributed by atoms with E-state index in [-0.39, 0.29) is 4.90 Å². The van der Waals surface area contributed by atoms with Gasteiger partial charge >= 0.3 is 0 Å². The maximum atomic E-state index is 12.2. The summed E-state index contributed by atoms with van der Waals surface area (Å²) in [5, 5.41) is 10.8. The highest BCUT2D eigenvalue weighted by Gasteiger charge is 2.38. The van der Waals surface area contributed by atoms with Gasteiger partial charge in [0.25, 0.3) is 0 Å². The lowest BCUT2D eigenvalue weighted by Crippen LogP contribution is -2.67. The first-order valence-electron chi connectivity index (χ1n) is 8.00. The summed E-state index contributed by atoms with van der Waals surface area (Å²) < 4.78 is 26.0. The zero-order chi connectivity index (χ0) is 17.2. The van der Waals surface area contributed by atoms with Crippen molar-refractivity contribution in [3.63, 3.8) is 0 Å². The maximum absolute atomic E-state index is 12.2. The molecule has 6 heterocycles. The maximum Gasteiger partial charge on any atom is 0.245 e. The van der Waals surface area contributed by atoms with E-state index in [4.69, 9.17) is 0 Å². The number of anilines is 1. The molecule has 0 aromatic carbocycles. The number of piperidine rings is 1. The summed E-state index contributed by atoms with van der Waals surface area (Å²) in [6.07, 6.45) is 4.10. The van der Waals surface area contributed by atoms with E-state index in [1.165, 1.54) is 24.0 Å². The number of pyridine rings is 1. The first-order chi connectivity index (χ1) is 12.0. The van der Waals surface area contributed by atoms with Crippen molar-refractivity contribution in [2.45, 2.75) is 23.4 Å². The highest BCUT2D eigenvalue weighted by atomic mass is 32.2. The molecule has 3 aromatic rings. The predicted molar refractivity (Wildman–Crippen MR) is 94.7 cm³/mol. The third kappa shape index (κ3) is 2.43. The van der Waals surface area contributed by atoms with E-state index in [0.717, 1.165) is 23.8 Å². The summed E-state index contributed by atoms with van der Waals surface area (Å²) in [5.74, 6) is 0.574. The first-order valence-corrected chi connectivity index (χ1v) is 10.8. The quantitative estimate of drug-likeness (QED) is 0.723. The molecule has 3 saturated heterocycles. The summed E-state index contributed by atoms with van der Waals surface area (Å²) >= 11 is 1.48. The number of nitrogens with zero attached hydrogens (tertiary/aromatic N) is 5. The van der Waals surface area contributed by atoms with Gasteiger partial charge in [0, 0.05) is 43.0 Å². The minimum absolute atomic E-state index is 0.187. The standard InChI is InChI=1S/C15H16N6O2S2/c1-25(22,23)12-3-2-11(14-16-4-5-24-14)21-13(12)18-15(19-21)20-7-9-6-10(8-20)17-9/h2-5,9-10,17H,6-8H2,1H3. The van der Waals surface area contributed by atoms with Gasteiger partial charge in [-0.15, -0.1) is 16.4 Å². The van der Waals surface area contributed by atoms with Crippen LogP contribution < -0.4 is 10.2 Å². The molecule has 3 aliphatic heterocycles. The average molecular weight is 376 g/mol. The second-order valence-electron chi connectivity index (χ2n) is 6.54. The molecule has 2 unspecified atom stereocenters. The number of nitrogens with one attached hydrogen (secondary N) is 1. The van der Waals surface area contributed by atoms with E-state index in [9.17, 15) is 8.42 Å². The third-order valence-corrected chi connectivity index (χ3v) is 6.61. The monoisotopic (exact) mass is 376 g/mol. The molecule has 0 spiro atoms. The molecule has 2 atom stereocenters. The largest absolute Gasteiger partial charge is 0.336 e. The normalized spacial score (nSPS) is 23.0. The molecule has 8 nitrogen and oxygen atoms in total. The van der Waals surface area contributed by atoms with Gasteiger partial charge in [-0.25, -0.2) is 17.9 Å². The second-order valence-corrected chi connectivity index (χ2v) is 9.42. The Morgan fingerprint density at radius 1 is 1.28 bits per heavy atom. The molecule has 0 radical (unpaired) electrons. The van der Waals surface area contributed by atoms with Crippen molar-refractivity contribution in [1.29, 1.82) is 0 Å². The highest BCUT2D eigenvalue weighted by Crippen LogP contribution is 2.29. The van der Waals surface area contributed by atoms with Crippen molar-refractivity contribution in [2.24, 2.45) is 0 Å². The van der Waals surface area contributed by atoms with Crippen molar-refractivity contribution in [3.8, 4) is 10.7 Å². The van der Waals surface area contributed by atoms with Gasteiger partial charge in [0.2, 0.25) is 5.95 Å². The Bertz CT molecular complexity index is 1040. The van der Waals surface area contributed by atoms with Crippen LogP contribution in [0.15, 0.2) is 28.6 Å². The fraction of sp³-hybridized carbons (Fsp3) is 0.400. The van der Waals surface area contributed by atoms with Crippen LogP contribution in [-0.4, -0.2) is 59.4 Å². The topological polar surface area (TPSA) is 92.5 Å². The van der Waals surface area contributed by atoms with E-state index < -0.39 is 9.84 Å². The van der Waals surface area contributed by atoms with Crippen molar-refractivity contribution in [1.82, 2.24) is 24.9 Å². The van der Waals surface area contributed by atoms with Crippen LogP contribution in [-0.2, 0) is 9.84 Å². The molecule has 0 amide bonds. The second kappa shape index (κ2) is 5.23. The van der Waals surface area contributed by atoms with E-state index in [0.29, 0.717) is 23.7 Å². The van der Waals surface area contributed by atoms with Crippen molar-refractivity contribution < 1.29 is 8.42 Å². The fourth-order valence-corrected chi connectivity index (χ4v) is 4.97. The van der Waals surface area contributed by atoms with Gasteiger partial charge in [-0.1, -0.05) is 0 Å². The lowest BCUT2D eigenvalue weighted by Gasteiger charge is -2.47. The first kappa shape index (κ1) is 15.2. The number of fused-ring (bicyclic) bond motifs is 3. The van der Waals surface area contributed by atoms with Gasteiger partial charge in [-0.05, 0) is 18.6 Å². The third-order valence-electron chi connectivity index (χ3n) is 4.69. The Kier molecular flexibility index (Phi) is 3.19. The van der Waals surface area contributed by atoms with E-state index >= 15 is 0 Å². The molecule has 3 aromatic heterocycles. The number of rotatable bonds is 3. The Labute approximate surface area is 148 Å². The van der Waals surface area contributed by atoms with E-state index in [1.54, 1.807) is 22.8 Å². The molecule has 2 bridgehead atoms. The lowest BCUT2D eigenvalue weighted by molar-refractivity contribution is 0.224. The van der Waals surface area contributed by atoms with Crippen LogP contribution in [0.3, 0.4) is 0 Å². The van der Waals surface area contributed by atoms with Crippen LogP contribution in [0.5, 0.6) is 0 Å². The molecule has 3 aliphatic rings. The molecular weight excluding hydrogens is 360 g/mol. The molecule has 0 aliphatic carbocycles. The molecule has 1 N–H and O–H groups in total.